The normalized spacial score (nSPS) is 10.0. The number of halogens is 1. The predicted molar refractivity (Wildman–Crippen MR) is 73.3 cm³/mol. The van der Waals surface area contributed by atoms with Gasteiger partial charge in [-0.3, -0.25) is 0 Å². The number of hydrogen-bond acceptors (Lipinski definition) is 3. The molecule has 0 bridgehead atoms. The van der Waals surface area contributed by atoms with Gasteiger partial charge in [0.05, 0.1) is 17.2 Å². The fourth-order valence-electron chi connectivity index (χ4n) is 1.66. The zero-order chi connectivity index (χ0) is 13.8. The first-order valence-electron chi connectivity index (χ1n) is 5.72. The number of aryl methyl sites for hydroxylation is 1. The molecule has 0 spiro atoms. The Morgan fingerprint density at radius 1 is 1.21 bits per heavy atom. The average molecular weight is 274 g/mol. The largest absolute Gasteiger partial charge is 0.454 e. The lowest BCUT2D eigenvalue weighted by Gasteiger charge is -2.10. The van der Waals surface area contributed by atoms with E-state index in [0.29, 0.717) is 27.6 Å². The monoisotopic (exact) mass is 273 g/mol. The molecule has 0 saturated heterocycles. The fourth-order valence-corrected chi connectivity index (χ4v) is 1.93. The second-order valence-corrected chi connectivity index (χ2v) is 4.54. The van der Waals surface area contributed by atoms with Crippen LogP contribution in [0.25, 0.3) is 0 Å². The molecule has 0 aromatic heterocycles. The number of aliphatic hydroxyl groups is 1. The maximum absolute atomic E-state index is 9.09. The molecule has 2 rings (SSSR count). The Bertz CT molecular complexity index is 647. The molecule has 0 radical (unpaired) electrons. The summed E-state index contributed by atoms with van der Waals surface area (Å²) < 4.78 is 5.65. The molecule has 2 aromatic carbocycles. The lowest BCUT2D eigenvalue weighted by molar-refractivity contribution is 0.281. The zero-order valence-corrected chi connectivity index (χ0v) is 11.1. The predicted octanol–water partition coefficient (Wildman–Crippen LogP) is 3.80. The molecule has 0 saturated carbocycles. The molecule has 0 atom stereocenters. The molecule has 4 heteroatoms. The first-order valence-corrected chi connectivity index (χ1v) is 6.09. The molecule has 0 heterocycles. The van der Waals surface area contributed by atoms with E-state index in [0.717, 1.165) is 5.56 Å². The Morgan fingerprint density at radius 2 is 1.95 bits per heavy atom. The Balaban J connectivity index is 2.35. The third kappa shape index (κ3) is 3.05. The molecule has 3 nitrogen and oxygen atoms in total. The van der Waals surface area contributed by atoms with Gasteiger partial charge in [0.1, 0.15) is 17.6 Å². The average Bonchev–Trinajstić information content (AvgIpc) is 2.42. The maximum Gasteiger partial charge on any atom is 0.146 e. The topological polar surface area (TPSA) is 53.2 Å². The van der Waals surface area contributed by atoms with Crippen molar-refractivity contribution in [1.82, 2.24) is 0 Å². The summed E-state index contributed by atoms with van der Waals surface area (Å²) in [5.74, 6) is 0.922. The van der Waals surface area contributed by atoms with E-state index in [9.17, 15) is 0 Å². The molecule has 0 aliphatic carbocycles. The van der Waals surface area contributed by atoms with Gasteiger partial charge in [0.15, 0.2) is 0 Å². The molecular formula is C15H12ClNO2. The summed E-state index contributed by atoms with van der Waals surface area (Å²) in [4.78, 5) is 0. The van der Waals surface area contributed by atoms with Gasteiger partial charge >= 0.3 is 0 Å². The van der Waals surface area contributed by atoms with Crippen LogP contribution in [-0.4, -0.2) is 5.11 Å². The van der Waals surface area contributed by atoms with Gasteiger partial charge in [-0.25, -0.2) is 0 Å². The minimum Gasteiger partial charge on any atom is -0.454 e. The number of rotatable bonds is 3. The molecule has 0 aliphatic rings. The summed E-state index contributed by atoms with van der Waals surface area (Å²) in [5.41, 5.74) is 2.07. The van der Waals surface area contributed by atoms with Crippen molar-refractivity contribution in [1.29, 1.82) is 5.26 Å². The zero-order valence-electron chi connectivity index (χ0n) is 10.4. The van der Waals surface area contributed by atoms with Crippen LogP contribution in [0.2, 0.25) is 5.02 Å². The van der Waals surface area contributed by atoms with E-state index in [1.807, 2.05) is 19.1 Å². The van der Waals surface area contributed by atoms with Crippen molar-refractivity contribution < 1.29 is 9.84 Å². The smallest absolute Gasteiger partial charge is 0.146 e. The number of ether oxygens (including phenoxy) is 1. The number of nitriles is 1. The Morgan fingerprint density at radius 3 is 2.58 bits per heavy atom. The van der Waals surface area contributed by atoms with E-state index in [2.05, 4.69) is 0 Å². The van der Waals surface area contributed by atoms with E-state index in [4.69, 9.17) is 26.7 Å². The van der Waals surface area contributed by atoms with Gasteiger partial charge in [-0.15, -0.1) is 0 Å². The van der Waals surface area contributed by atoms with Crippen molar-refractivity contribution in [2.75, 3.05) is 0 Å². The SMILES string of the molecule is Cc1ccc(Oc2ccc(CO)cc2C#N)c(Cl)c1. The second-order valence-electron chi connectivity index (χ2n) is 4.14. The van der Waals surface area contributed by atoms with Crippen molar-refractivity contribution in [3.05, 3.63) is 58.1 Å². The van der Waals surface area contributed by atoms with Crippen LogP contribution in [0, 0.1) is 18.3 Å². The minimum atomic E-state index is -0.111. The van der Waals surface area contributed by atoms with Crippen LogP contribution in [-0.2, 0) is 6.61 Å². The van der Waals surface area contributed by atoms with Crippen molar-refractivity contribution in [3.63, 3.8) is 0 Å². The molecule has 1 N–H and O–H groups in total. The van der Waals surface area contributed by atoms with Crippen LogP contribution in [0.15, 0.2) is 36.4 Å². The highest BCUT2D eigenvalue weighted by atomic mass is 35.5. The summed E-state index contributed by atoms with van der Waals surface area (Å²) in [5, 5.41) is 18.6. The standard InChI is InChI=1S/C15H12ClNO2/c1-10-2-4-15(13(16)6-10)19-14-5-3-11(9-18)7-12(14)8-17/h2-7,18H,9H2,1H3. The third-order valence-electron chi connectivity index (χ3n) is 2.65. The van der Waals surface area contributed by atoms with Crippen molar-refractivity contribution >= 4 is 11.6 Å². The van der Waals surface area contributed by atoms with Crippen molar-refractivity contribution in [2.45, 2.75) is 13.5 Å². The molecule has 2 aromatic rings. The van der Waals surface area contributed by atoms with E-state index in [1.54, 1.807) is 30.3 Å². The van der Waals surface area contributed by atoms with Crippen LogP contribution in [0.5, 0.6) is 11.5 Å². The molecule has 0 amide bonds. The van der Waals surface area contributed by atoms with Crippen LogP contribution in [0.3, 0.4) is 0 Å². The third-order valence-corrected chi connectivity index (χ3v) is 2.95. The van der Waals surface area contributed by atoms with Gasteiger partial charge in [0, 0.05) is 0 Å². The Labute approximate surface area is 116 Å². The molecule has 0 unspecified atom stereocenters. The summed E-state index contributed by atoms with van der Waals surface area (Å²) in [6.07, 6.45) is 0. The number of nitrogens with zero attached hydrogens (tertiary/aromatic N) is 1. The van der Waals surface area contributed by atoms with Crippen LogP contribution in [0.4, 0.5) is 0 Å². The summed E-state index contributed by atoms with van der Waals surface area (Å²) in [7, 11) is 0. The van der Waals surface area contributed by atoms with Gasteiger partial charge in [-0.1, -0.05) is 23.7 Å². The highest BCUT2D eigenvalue weighted by Gasteiger charge is 2.08. The number of hydrogen-bond donors (Lipinski definition) is 1. The van der Waals surface area contributed by atoms with Gasteiger partial charge in [0.2, 0.25) is 0 Å². The van der Waals surface area contributed by atoms with E-state index >= 15 is 0 Å². The maximum atomic E-state index is 9.09. The molecular weight excluding hydrogens is 262 g/mol. The highest BCUT2D eigenvalue weighted by Crippen LogP contribution is 2.32. The Hall–Kier alpha value is -2.02. The Kier molecular flexibility index (Phi) is 4.06. The second kappa shape index (κ2) is 5.75. The number of aliphatic hydroxyl groups excluding tert-OH is 1. The van der Waals surface area contributed by atoms with E-state index in [1.165, 1.54) is 0 Å². The van der Waals surface area contributed by atoms with Crippen LogP contribution < -0.4 is 4.74 Å². The minimum absolute atomic E-state index is 0.111. The molecule has 19 heavy (non-hydrogen) atoms. The summed E-state index contributed by atoms with van der Waals surface area (Å²) in [6, 6.07) is 12.4. The van der Waals surface area contributed by atoms with Gasteiger partial charge in [-0.2, -0.15) is 5.26 Å². The fraction of sp³-hybridized carbons (Fsp3) is 0.133. The van der Waals surface area contributed by atoms with Crippen LogP contribution in [0.1, 0.15) is 16.7 Å². The lowest BCUT2D eigenvalue weighted by atomic mass is 10.1. The summed E-state index contributed by atoms with van der Waals surface area (Å²) in [6.45, 7) is 1.83. The number of benzene rings is 2. The van der Waals surface area contributed by atoms with Crippen molar-refractivity contribution in [3.8, 4) is 17.6 Å². The molecule has 96 valence electrons. The van der Waals surface area contributed by atoms with Crippen molar-refractivity contribution in [2.24, 2.45) is 0 Å². The first-order chi connectivity index (χ1) is 9.13. The van der Waals surface area contributed by atoms with E-state index < -0.39 is 0 Å². The van der Waals surface area contributed by atoms with Gasteiger partial charge in [-0.05, 0) is 42.3 Å². The van der Waals surface area contributed by atoms with Gasteiger partial charge in [0.25, 0.3) is 0 Å². The van der Waals surface area contributed by atoms with Crippen LogP contribution >= 0.6 is 11.6 Å². The highest BCUT2D eigenvalue weighted by molar-refractivity contribution is 6.32. The first kappa shape index (κ1) is 13.4. The van der Waals surface area contributed by atoms with Gasteiger partial charge < -0.3 is 9.84 Å². The lowest BCUT2D eigenvalue weighted by Crippen LogP contribution is -1.92. The molecule has 0 fully saturated rings. The van der Waals surface area contributed by atoms with E-state index in [-0.39, 0.29) is 6.61 Å². The molecule has 0 aliphatic heterocycles. The quantitative estimate of drug-likeness (QED) is 0.925. The summed E-state index contributed by atoms with van der Waals surface area (Å²) >= 11 is 6.09.